The number of nitrogens with one attached hydrogen (secondary N) is 7. The summed E-state index contributed by atoms with van der Waals surface area (Å²) in [7, 11) is 0. The Morgan fingerprint density at radius 1 is 0.716 bits per heavy atom. The van der Waals surface area contributed by atoms with E-state index in [0.717, 1.165) is 6.92 Å². The van der Waals surface area contributed by atoms with Gasteiger partial charge in [0, 0.05) is 19.4 Å². The molecule has 15 N–H and O–H groups in total. The molecule has 1 aliphatic heterocycles. The Labute approximate surface area is 436 Å². The van der Waals surface area contributed by atoms with Gasteiger partial charge in [-0.2, -0.15) is 11.8 Å². The van der Waals surface area contributed by atoms with Crippen molar-refractivity contribution in [2.75, 3.05) is 31.7 Å². The lowest BCUT2D eigenvalue weighted by atomic mass is 9.97. The molecule has 24 nitrogen and oxygen atoms in total. The van der Waals surface area contributed by atoms with Gasteiger partial charge in [0.05, 0.1) is 18.8 Å². The molecule has 0 saturated carbocycles. The maximum atomic E-state index is 14.2. The van der Waals surface area contributed by atoms with Crippen LogP contribution in [0.4, 0.5) is 0 Å². The Balaban J connectivity index is 2.37. The van der Waals surface area contributed by atoms with Crippen molar-refractivity contribution in [1.82, 2.24) is 42.1 Å². The van der Waals surface area contributed by atoms with Gasteiger partial charge < -0.3 is 74.0 Å². The van der Waals surface area contributed by atoms with Crippen molar-refractivity contribution in [2.45, 2.75) is 166 Å². The van der Waals surface area contributed by atoms with E-state index in [1.165, 1.54) is 16.7 Å². The van der Waals surface area contributed by atoms with E-state index in [4.69, 9.17) is 11.5 Å². The highest BCUT2D eigenvalue weighted by Gasteiger charge is 2.40. The number of nitrogens with two attached hydrogens (primary N) is 2. The topological polar surface area (TPSA) is 391 Å². The highest BCUT2D eigenvalue weighted by Crippen LogP contribution is 2.21. The summed E-state index contributed by atoms with van der Waals surface area (Å²) in [6.45, 7) is 7.76. The molecule has 1 saturated heterocycles. The number of carboxylic acids is 2. The van der Waals surface area contributed by atoms with Gasteiger partial charge in [0.25, 0.3) is 0 Å². The summed E-state index contributed by atoms with van der Waals surface area (Å²) in [5, 5.41) is 57.5. The predicted molar refractivity (Wildman–Crippen MR) is 274 cm³/mol. The average molecular weight is 1070 g/mol. The van der Waals surface area contributed by atoms with Gasteiger partial charge in [-0.05, 0) is 94.2 Å². The van der Waals surface area contributed by atoms with Crippen LogP contribution in [0, 0.1) is 11.8 Å². The number of hydrogen-bond acceptors (Lipinski definition) is 15. The number of unbranched alkanes of at least 4 members (excludes halogenated alkanes) is 1. The van der Waals surface area contributed by atoms with Gasteiger partial charge in [-0.3, -0.25) is 43.2 Å². The van der Waals surface area contributed by atoms with Crippen LogP contribution in [0.2, 0.25) is 0 Å². The number of carbonyl (C=O) groups is 10. The first kappa shape index (κ1) is 64.2. The molecule has 74 heavy (non-hydrogen) atoms. The number of carbonyl (C=O) groups excluding carboxylic acids is 8. The maximum absolute atomic E-state index is 14.2. The maximum Gasteiger partial charge on any atom is 0.326 e. The molecule has 416 valence electrons. The summed E-state index contributed by atoms with van der Waals surface area (Å²) in [5.41, 5.74) is 12.5. The second-order valence-electron chi connectivity index (χ2n) is 19.0. The Bertz CT molecular complexity index is 2030. The summed E-state index contributed by atoms with van der Waals surface area (Å²) in [6.07, 6.45) is 1.14. The lowest BCUT2D eigenvalue weighted by Gasteiger charge is -2.30. The molecule has 0 aliphatic carbocycles. The van der Waals surface area contributed by atoms with Crippen molar-refractivity contribution in [3.63, 3.8) is 0 Å². The van der Waals surface area contributed by atoms with Gasteiger partial charge in [0.15, 0.2) is 0 Å². The zero-order chi connectivity index (χ0) is 55.7. The van der Waals surface area contributed by atoms with Crippen LogP contribution in [0.15, 0.2) is 30.3 Å². The molecule has 0 radical (unpaired) electrons. The van der Waals surface area contributed by atoms with E-state index in [1.807, 2.05) is 13.8 Å². The molecule has 8 amide bonds. The molecule has 0 unspecified atom stereocenters. The molecule has 1 aromatic carbocycles. The summed E-state index contributed by atoms with van der Waals surface area (Å²) in [6, 6.07) is -3.75. The number of amides is 8. The molecule has 2 rings (SSSR count). The fourth-order valence-electron chi connectivity index (χ4n) is 8.12. The number of benzene rings is 1. The van der Waals surface area contributed by atoms with Crippen molar-refractivity contribution in [2.24, 2.45) is 23.3 Å². The first-order valence-electron chi connectivity index (χ1n) is 25.1. The van der Waals surface area contributed by atoms with Crippen LogP contribution in [0.5, 0.6) is 0 Å². The molecule has 11 atom stereocenters. The Morgan fingerprint density at radius 3 is 1.81 bits per heavy atom. The SMILES string of the molecule is CC[C@H](C)[C@H](NC(=O)[C@@H](NC(=O)[C@H](CO)NC(=O)[C@H](CCCCN)NC(=O)[C@H](CCC(=O)O)NC(=O)[C@H](Cc1ccccc1)NC(=O)[C@@H]1CCCN1C(=O)[C@@H](N)CC(C)C)[C@@H](C)O)C(=O)N[C@@H](CCSC)C(=O)O. The number of likely N-dealkylation sites (tertiary alicyclic amines) is 1. The summed E-state index contributed by atoms with van der Waals surface area (Å²) < 4.78 is 0. The zero-order valence-electron chi connectivity index (χ0n) is 43.3. The van der Waals surface area contributed by atoms with E-state index in [0.29, 0.717) is 43.4 Å². The lowest BCUT2D eigenvalue weighted by Crippen LogP contribution is -2.62. The van der Waals surface area contributed by atoms with Gasteiger partial charge >= 0.3 is 11.9 Å². The second-order valence-corrected chi connectivity index (χ2v) is 20.0. The number of rotatable bonds is 34. The van der Waals surface area contributed by atoms with Crippen LogP contribution in [0.3, 0.4) is 0 Å². The number of thioether (sulfide) groups is 1. The molecule has 1 aliphatic rings. The smallest absolute Gasteiger partial charge is 0.326 e. The lowest BCUT2D eigenvalue weighted by molar-refractivity contribution is -0.143. The largest absolute Gasteiger partial charge is 0.481 e. The third kappa shape index (κ3) is 21.5. The number of aliphatic hydroxyl groups is 2. The third-order valence-corrected chi connectivity index (χ3v) is 13.2. The van der Waals surface area contributed by atoms with Crippen molar-refractivity contribution in [3.8, 4) is 0 Å². The van der Waals surface area contributed by atoms with E-state index < -0.39 is 145 Å². The van der Waals surface area contributed by atoms with E-state index in [-0.39, 0.29) is 44.7 Å². The van der Waals surface area contributed by atoms with Gasteiger partial charge in [-0.15, -0.1) is 0 Å². The first-order chi connectivity index (χ1) is 35.0. The van der Waals surface area contributed by atoms with E-state index in [1.54, 1.807) is 50.4 Å². The summed E-state index contributed by atoms with van der Waals surface area (Å²) in [4.78, 5) is 135. The van der Waals surface area contributed by atoms with Crippen molar-refractivity contribution < 1.29 is 68.4 Å². The van der Waals surface area contributed by atoms with Crippen LogP contribution < -0.4 is 48.7 Å². The van der Waals surface area contributed by atoms with Crippen molar-refractivity contribution in [1.29, 1.82) is 0 Å². The number of nitrogens with zero attached hydrogens (tertiary/aromatic N) is 1. The predicted octanol–water partition coefficient (Wildman–Crippen LogP) is -1.76. The minimum atomic E-state index is -1.80. The van der Waals surface area contributed by atoms with Crippen molar-refractivity contribution >= 4 is 71.0 Å². The normalized spacial score (nSPS) is 17.4. The van der Waals surface area contributed by atoms with E-state index >= 15 is 0 Å². The van der Waals surface area contributed by atoms with Crippen LogP contribution >= 0.6 is 11.8 Å². The fraction of sp³-hybridized carbons (Fsp3) is 0.673. The Morgan fingerprint density at radius 2 is 1.27 bits per heavy atom. The fourth-order valence-corrected chi connectivity index (χ4v) is 8.59. The average Bonchev–Trinajstić information content (AvgIpc) is 3.85. The monoisotopic (exact) mass is 1060 g/mol. The van der Waals surface area contributed by atoms with Gasteiger partial charge in [0.1, 0.15) is 48.3 Å². The highest BCUT2D eigenvalue weighted by atomic mass is 32.2. The van der Waals surface area contributed by atoms with Crippen LogP contribution in [0.1, 0.15) is 104 Å². The van der Waals surface area contributed by atoms with E-state index in [2.05, 4.69) is 37.2 Å². The van der Waals surface area contributed by atoms with Crippen molar-refractivity contribution in [3.05, 3.63) is 35.9 Å². The Kier molecular flexibility index (Phi) is 28.7. The number of aliphatic carboxylic acids is 2. The van der Waals surface area contributed by atoms with Gasteiger partial charge in [0.2, 0.25) is 47.3 Å². The second kappa shape index (κ2) is 33.1. The number of carboxylic acid groups (broad SMARTS) is 2. The summed E-state index contributed by atoms with van der Waals surface area (Å²) in [5.74, 6) is -9.60. The first-order valence-corrected chi connectivity index (χ1v) is 26.5. The molecule has 1 aromatic rings. The highest BCUT2D eigenvalue weighted by molar-refractivity contribution is 7.98. The molecule has 1 fully saturated rings. The molecular formula is C49H80N10O14S. The molecule has 25 heteroatoms. The van der Waals surface area contributed by atoms with Gasteiger partial charge in [-0.25, -0.2) is 4.79 Å². The zero-order valence-corrected chi connectivity index (χ0v) is 44.1. The molecule has 0 aromatic heterocycles. The summed E-state index contributed by atoms with van der Waals surface area (Å²) >= 11 is 1.37. The molecule has 1 heterocycles. The Hall–Kier alpha value is -5.89. The third-order valence-electron chi connectivity index (χ3n) is 12.6. The molecule has 0 spiro atoms. The number of aliphatic hydroxyl groups excluding tert-OH is 2. The minimum absolute atomic E-state index is 0.0784. The number of hydrogen-bond donors (Lipinski definition) is 13. The molecule has 0 bridgehead atoms. The van der Waals surface area contributed by atoms with Crippen LogP contribution in [-0.4, -0.2) is 177 Å². The van der Waals surface area contributed by atoms with Gasteiger partial charge in [-0.1, -0.05) is 64.4 Å². The standard InChI is InChI=1S/C49H80N10O14S/c1-7-28(4)39(46(69)54-34(49(72)73)20-23-74-6)57-47(70)40(29(5)61)58-44(67)36(26-60)56-41(64)32(16-11-12-21-50)52-42(65)33(18-19-38(62)63)53-43(66)35(25-30-14-9-8-10-15-30)55-45(68)37-17-13-22-59(37)48(71)31(51)24-27(2)3/h8-10,14-15,27-29,31-37,39-40,60-61H,7,11-13,16-26,50-51H2,1-6H3,(H,52,65)(H,53,66)(H,54,69)(H,55,68)(H,56,64)(H,57,70)(H,58,67)(H,62,63)(H,72,73)/t28-,29+,31-,32-,33-,34-,35-,36-,37-,39-,40-/m0/s1. The van der Waals surface area contributed by atoms with Crippen LogP contribution in [0.25, 0.3) is 0 Å². The minimum Gasteiger partial charge on any atom is -0.481 e. The quantitative estimate of drug-likeness (QED) is 0.0340. The van der Waals surface area contributed by atoms with Crippen LogP contribution in [-0.2, 0) is 54.4 Å². The van der Waals surface area contributed by atoms with E-state index in [9.17, 15) is 68.4 Å². The molecular weight excluding hydrogens is 985 g/mol.